The molecule has 0 spiro atoms. The quantitative estimate of drug-likeness (QED) is 0.724. The van der Waals surface area contributed by atoms with E-state index in [1.54, 1.807) is 12.3 Å². The first-order valence-corrected chi connectivity index (χ1v) is 6.93. The molecule has 0 amide bonds. The molecule has 1 aromatic rings. The van der Waals surface area contributed by atoms with Crippen LogP contribution in [-0.2, 0) is 9.52 Å². The minimum Gasteiger partial charge on any atom is -0.488 e. The lowest BCUT2D eigenvalue weighted by Gasteiger charge is -2.21. The van der Waals surface area contributed by atoms with E-state index in [1.165, 1.54) is 0 Å². The van der Waals surface area contributed by atoms with Crippen molar-refractivity contribution in [1.82, 2.24) is 0 Å². The van der Waals surface area contributed by atoms with E-state index in [0.29, 0.717) is 0 Å². The molecule has 15 heavy (non-hydrogen) atoms. The fourth-order valence-electron chi connectivity index (χ4n) is 1.16. The van der Waals surface area contributed by atoms with Gasteiger partial charge in [0.05, 0.1) is 0 Å². The molecule has 1 atom stereocenters. The van der Waals surface area contributed by atoms with Crippen molar-refractivity contribution in [2.24, 2.45) is 0 Å². The van der Waals surface area contributed by atoms with Crippen molar-refractivity contribution in [2.75, 3.05) is 6.26 Å². The highest BCUT2D eigenvalue weighted by atomic mass is 32.2. The summed E-state index contributed by atoms with van der Waals surface area (Å²) >= 11 is 0. The highest BCUT2D eigenvalue weighted by Gasteiger charge is 2.12. The first kappa shape index (κ1) is 12.1. The van der Waals surface area contributed by atoms with Crippen LogP contribution in [0.15, 0.2) is 29.2 Å². The van der Waals surface area contributed by atoms with Gasteiger partial charge in [0.15, 0.2) is 0 Å². The molecule has 0 aliphatic heterocycles. The van der Waals surface area contributed by atoms with Crippen LogP contribution in [-0.4, -0.2) is 21.9 Å². The predicted molar refractivity (Wildman–Crippen MR) is 66.3 cm³/mol. The standard InChI is InChI=1S/C12H18O2S/c1-12(2,3)14-10-7-6-8-11(9-10)15(4,5)13/h6-9H,4H2,1-3,5H3. The van der Waals surface area contributed by atoms with E-state index in [9.17, 15) is 4.21 Å². The Balaban J connectivity index is 3.04. The van der Waals surface area contributed by atoms with Crippen LogP contribution < -0.4 is 4.74 Å². The minimum atomic E-state index is -2.16. The Morgan fingerprint density at radius 3 is 2.40 bits per heavy atom. The molecule has 1 rings (SSSR count). The minimum absolute atomic E-state index is 0.242. The third-order valence-corrected chi connectivity index (χ3v) is 2.98. The Hall–Kier alpha value is -0.960. The Morgan fingerprint density at radius 2 is 1.93 bits per heavy atom. The Labute approximate surface area is 92.3 Å². The first-order chi connectivity index (χ1) is 6.68. The van der Waals surface area contributed by atoms with Gasteiger partial charge >= 0.3 is 0 Å². The highest BCUT2D eigenvalue weighted by molar-refractivity contribution is 7.99. The summed E-state index contributed by atoms with van der Waals surface area (Å²) in [5.74, 6) is 4.38. The predicted octanol–water partition coefficient (Wildman–Crippen LogP) is 2.57. The zero-order chi connectivity index (χ0) is 11.7. The van der Waals surface area contributed by atoms with Gasteiger partial charge in [-0.25, -0.2) is 0 Å². The van der Waals surface area contributed by atoms with E-state index in [1.807, 2.05) is 39.0 Å². The molecule has 1 aromatic carbocycles. The van der Waals surface area contributed by atoms with Gasteiger partial charge in [-0.3, -0.25) is 4.21 Å². The van der Waals surface area contributed by atoms with Gasteiger partial charge in [0, 0.05) is 11.2 Å². The molecule has 0 radical (unpaired) electrons. The van der Waals surface area contributed by atoms with Crippen LogP contribution in [0.4, 0.5) is 0 Å². The van der Waals surface area contributed by atoms with Crippen LogP contribution in [0.25, 0.3) is 0 Å². The number of hydrogen-bond acceptors (Lipinski definition) is 2. The molecule has 0 aromatic heterocycles. The van der Waals surface area contributed by atoms with Crippen molar-refractivity contribution in [2.45, 2.75) is 31.3 Å². The molecular weight excluding hydrogens is 208 g/mol. The van der Waals surface area contributed by atoms with Crippen LogP contribution in [0.5, 0.6) is 5.75 Å². The molecule has 0 aliphatic carbocycles. The molecule has 0 bridgehead atoms. The number of rotatable bonds is 2. The van der Waals surface area contributed by atoms with E-state index < -0.39 is 9.52 Å². The molecular formula is C12H18O2S. The first-order valence-electron chi connectivity index (χ1n) is 4.80. The molecule has 0 saturated heterocycles. The summed E-state index contributed by atoms with van der Waals surface area (Å²) in [5, 5.41) is 0. The third-order valence-electron chi connectivity index (χ3n) is 1.73. The highest BCUT2D eigenvalue weighted by Crippen LogP contribution is 2.21. The van der Waals surface area contributed by atoms with Gasteiger partial charge < -0.3 is 4.74 Å². The largest absolute Gasteiger partial charge is 0.488 e. The lowest BCUT2D eigenvalue weighted by molar-refractivity contribution is 0.130. The smallest absolute Gasteiger partial charge is 0.121 e. The van der Waals surface area contributed by atoms with E-state index in [-0.39, 0.29) is 5.60 Å². The lowest BCUT2D eigenvalue weighted by atomic mass is 10.2. The number of benzene rings is 1. The van der Waals surface area contributed by atoms with Gasteiger partial charge in [-0.1, -0.05) is 6.07 Å². The zero-order valence-electron chi connectivity index (χ0n) is 9.74. The van der Waals surface area contributed by atoms with Crippen molar-refractivity contribution < 1.29 is 8.95 Å². The molecule has 0 N–H and O–H groups in total. The summed E-state index contributed by atoms with van der Waals surface area (Å²) in [7, 11) is -2.16. The maximum atomic E-state index is 11.7. The molecule has 3 heteroatoms. The van der Waals surface area contributed by atoms with Gasteiger partial charge in [-0.05, 0) is 54.4 Å². The van der Waals surface area contributed by atoms with E-state index in [0.717, 1.165) is 10.6 Å². The van der Waals surface area contributed by atoms with Crippen molar-refractivity contribution in [3.63, 3.8) is 0 Å². The Morgan fingerprint density at radius 1 is 1.33 bits per heavy atom. The van der Waals surface area contributed by atoms with Crippen LogP contribution in [0, 0.1) is 0 Å². The van der Waals surface area contributed by atoms with Gasteiger partial charge in [0.2, 0.25) is 0 Å². The maximum Gasteiger partial charge on any atom is 0.121 e. The average Bonchev–Trinajstić information content (AvgIpc) is 1.99. The van der Waals surface area contributed by atoms with E-state index in [4.69, 9.17) is 4.74 Å². The average molecular weight is 226 g/mol. The molecule has 2 nitrogen and oxygen atoms in total. The third kappa shape index (κ3) is 3.96. The van der Waals surface area contributed by atoms with Crippen molar-refractivity contribution in [3.8, 4) is 5.75 Å². The molecule has 84 valence electrons. The number of hydrogen-bond donors (Lipinski definition) is 0. The Bertz CT molecular complexity index is 439. The summed E-state index contributed by atoms with van der Waals surface area (Å²) in [6.45, 7) is 5.94. The second kappa shape index (κ2) is 3.89. The van der Waals surface area contributed by atoms with Gasteiger partial charge in [0.1, 0.15) is 11.4 Å². The Kier molecular flexibility index (Phi) is 3.14. The van der Waals surface area contributed by atoms with Crippen LogP contribution in [0.3, 0.4) is 0 Å². The van der Waals surface area contributed by atoms with Gasteiger partial charge in [-0.2, -0.15) is 0 Å². The summed E-state index contributed by atoms with van der Waals surface area (Å²) in [4.78, 5) is 0.726. The van der Waals surface area contributed by atoms with Crippen molar-refractivity contribution in [3.05, 3.63) is 24.3 Å². The van der Waals surface area contributed by atoms with Gasteiger partial charge in [-0.15, -0.1) is 0 Å². The summed E-state index contributed by atoms with van der Waals surface area (Å²) in [6.07, 6.45) is 1.63. The monoisotopic (exact) mass is 226 g/mol. The van der Waals surface area contributed by atoms with Crippen LogP contribution >= 0.6 is 0 Å². The topological polar surface area (TPSA) is 26.3 Å². The van der Waals surface area contributed by atoms with E-state index in [2.05, 4.69) is 5.87 Å². The summed E-state index contributed by atoms with van der Waals surface area (Å²) in [6, 6.07) is 7.30. The fourth-order valence-corrected chi connectivity index (χ4v) is 1.89. The SMILES string of the molecule is C=S(C)(=O)c1cccc(OC(C)(C)C)c1. The summed E-state index contributed by atoms with van der Waals surface area (Å²) in [5.41, 5.74) is -0.242. The number of ether oxygens (including phenoxy) is 1. The van der Waals surface area contributed by atoms with Crippen molar-refractivity contribution >= 4 is 15.4 Å². The van der Waals surface area contributed by atoms with Crippen LogP contribution in [0.2, 0.25) is 0 Å². The van der Waals surface area contributed by atoms with E-state index >= 15 is 0 Å². The maximum absolute atomic E-state index is 11.7. The molecule has 1 unspecified atom stereocenters. The molecule has 0 saturated carbocycles. The fraction of sp³-hybridized carbons (Fsp3) is 0.417. The normalized spacial score (nSPS) is 15.7. The van der Waals surface area contributed by atoms with Crippen LogP contribution in [0.1, 0.15) is 20.8 Å². The molecule has 0 aliphatic rings. The molecule has 0 heterocycles. The van der Waals surface area contributed by atoms with Gasteiger partial charge in [0.25, 0.3) is 0 Å². The second-order valence-electron chi connectivity index (χ2n) is 4.69. The molecule has 0 fully saturated rings. The second-order valence-corrected chi connectivity index (χ2v) is 7.18. The zero-order valence-corrected chi connectivity index (χ0v) is 10.6. The lowest BCUT2D eigenvalue weighted by Crippen LogP contribution is -2.23. The summed E-state index contributed by atoms with van der Waals surface area (Å²) < 4.78 is 17.4. The van der Waals surface area contributed by atoms with Crippen molar-refractivity contribution in [1.29, 1.82) is 0 Å².